The molecule has 0 radical (unpaired) electrons. The summed E-state index contributed by atoms with van der Waals surface area (Å²) in [5.74, 6) is 0.125. The van der Waals surface area contributed by atoms with Gasteiger partial charge < -0.3 is 19.3 Å². The summed E-state index contributed by atoms with van der Waals surface area (Å²) in [6, 6.07) is 12.7. The molecule has 0 spiro atoms. The number of amides is 2. The Kier molecular flexibility index (Phi) is 5.90. The number of halogens is 1. The Balaban J connectivity index is 1.52. The van der Waals surface area contributed by atoms with Crippen LogP contribution in [0.1, 0.15) is 10.4 Å². The van der Waals surface area contributed by atoms with E-state index < -0.39 is 5.82 Å². The summed E-state index contributed by atoms with van der Waals surface area (Å²) < 4.78 is 23.7. The molecule has 27 heavy (non-hydrogen) atoms. The van der Waals surface area contributed by atoms with Gasteiger partial charge in [-0.05, 0) is 24.3 Å². The van der Waals surface area contributed by atoms with E-state index in [0.29, 0.717) is 43.2 Å². The lowest BCUT2D eigenvalue weighted by molar-refractivity contribution is -0.134. The fourth-order valence-corrected chi connectivity index (χ4v) is 2.94. The van der Waals surface area contributed by atoms with Crippen LogP contribution in [0.25, 0.3) is 0 Å². The maximum absolute atomic E-state index is 13.1. The van der Waals surface area contributed by atoms with Gasteiger partial charge in [-0.3, -0.25) is 9.59 Å². The third-order valence-corrected chi connectivity index (χ3v) is 4.42. The van der Waals surface area contributed by atoms with Crippen LogP contribution >= 0.6 is 0 Å². The Morgan fingerprint density at radius 3 is 2.41 bits per heavy atom. The van der Waals surface area contributed by atoms with Crippen molar-refractivity contribution in [3.05, 3.63) is 59.9 Å². The van der Waals surface area contributed by atoms with Crippen molar-refractivity contribution >= 4 is 11.8 Å². The van der Waals surface area contributed by atoms with Crippen LogP contribution in [-0.2, 0) is 4.79 Å². The van der Waals surface area contributed by atoms with Crippen molar-refractivity contribution in [1.82, 2.24) is 9.80 Å². The standard InChI is InChI=1S/C20H21FN2O4/c1-26-18-8-3-2-7-17(18)20(25)23-11-9-22(10-12-23)19(24)14-27-16-6-4-5-15(21)13-16/h2-8,13H,9-12,14H2,1H3. The first kappa shape index (κ1) is 18.7. The van der Waals surface area contributed by atoms with E-state index in [4.69, 9.17) is 9.47 Å². The molecule has 2 aromatic carbocycles. The zero-order chi connectivity index (χ0) is 19.2. The van der Waals surface area contributed by atoms with Gasteiger partial charge in [-0.15, -0.1) is 0 Å². The van der Waals surface area contributed by atoms with E-state index in [1.807, 2.05) is 6.07 Å². The first-order valence-corrected chi connectivity index (χ1v) is 8.67. The van der Waals surface area contributed by atoms with E-state index in [2.05, 4.69) is 0 Å². The minimum absolute atomic E-state index is 0.115. The molecule has 0 aromatic heterocycles. The third-order valence-electron chi connectivity index (χ3n) is 4.42. The summed E-state index contributed by atoms with van der Waals surface area (Å²) in [6.07, 6.45) is 0. The van der Waals surface area contributed by atoms with E-state index in [-0.39, 0.29) is 18.4 Å². The van der Waals surface area contributed by atoms with Crippen LogP contribution in [0.3, 0.4) is 0 Å². The zero-order valence-electron chi connectivity index (χ0n) is 15.1. The number of ether oxygens (including phenoxy) is 2. The summed E-state index contributed by atoms with van der Waals surface area (Å²) in [5.41, 5.74) is 0.509. The van der Waals surface area contributed by atoms with E-state index >= 15 is 0 Å². The lowest BCUT2D eigenvalue weighted by Gasteiger charge is -2.35. The van der Waals surface area contributed by atoms with Crippen molar-refractivity contribution in [2.75, 3.05) is 39.9 Å². The number of nitrogens with zero attached hydrogens (tertiary/aromatic N) is 2. The maximum Gasteiger partial charge on any atom is 0.260 e. The normalized spacial score (nSPS) is 14.0. The van der Waals surface area contributed by atoms with E-state index in [1.54, 1.807) is 34.1 Å². The number of rotatable bonds is 5. The Hall–Kier alpha value is -3.09. The molecule has 7 heteroatoms. The van der Waals surface area contributed by atoms with Gasteiger partial charge in [-0.25, -0.2) is 4.39 Å². The Morgan fingerprint density at radius 1 is 1.00 bits per heavy atom. The highest BCUT2D eigenvalue weighted by Crippen LogP contribution is 2.20. The molecule has 2 amide bonds. The zero-order valence-corrected chi connectivity index (χ0v) is 15.1. The van der Waals surface area contributed by atoms with Crippen molar-refractivity contribution in [1.29, 1.82) is 0 Å². The van der Waals surface area contributed by atoms with Gasteiger partial charge in [0, 0.05) is 32.2 Å². The molecule has 0 atom stereocenters. The van der Waals surface area contributed by atoms with Crippen LogP contribution in [0.5, 0.6) is 11.5 Å². The number of benzene rings is 2. The molecule has 1 fully saturated rings. The minimum Gasteiger partial charge on any atom is -0.496 e. The highest BCUT2D eigenvalue weighted by Gasteiger charge is 2.26. The van der Waals surface area contributed by atoms with Crippen LogP contribution in [0.4, 0.5) is 4.39 Å². The number of methoxy groups -OCH3 is 1. The molecule has 0 unspecified atom stereocenters. The molecule has 6 nitrogen and oxygen atoms in total. The average molecular weight is 372 g/mol. The van der Waals surface area contributed by atoms with Crippen LogP contribution in [-0.4, -0.2) is 61.5 Å². The monoisotopic (exact) mass is 372 g/mol. The average Bonchev–Trinajstić information content (AvgIpc) is 2.71. The molecule has 3 rings (SSSR count). The maximum atomic E-state index is 13.1. The van der Waals surface area contributed by atoms with Gasteiger partial charge in [-0.1, -0.05) is 18.2 Å². The fourth-order valence-electron chi connectivity index (χ4n) is 2.94. The molecule has 2 aromatic rings. The Morgan fingerprint density at radius 2 is 1.70 bits per heavy atom. The van der Waals surface area contributed by atoms with Gasteiger partial charge >= 0.3 is 0 Å². The lowest BCUT2D eigenvalue weighted by atomic mass is 10.1. The summed E-state index contributed by atoms with van der Waals surface area (Å²) in [7, 11) is 1.53. The van der Waals surface area contributed by atoms with Crippen LogP contribution in [0, 0.1) is 5.82 Å². The Labute approximate surface area is 157 Å². The van der Waals surface area contributed by atoms with Gasteiger partial charge in [0.2, 0.25) is 0 Å². The second-order valence-corrected chi connectivity index (χ2v) is 6.12. The second-order valence-electron chi connectivity index (χ2n) is 6.12. The molecular formula is C20H21FN2O4. The molecule has 1 saturated heterocycles. The highest BCUT2D eigenvalue weighted by atomic mass is 19.1. The molecule has 1 heterocycles. The summed E-state index contributed by atoms with van der Waals surface area (Å²) in [4.78, 5) is 28.3. The van der Waals surface area contributed by atoms with Crippen LogP contribution < -0.4 is 9.47 Å². The molecule has 0 saturated carbocycles. The van der Waals surface area contributed by atoms with Crippen molar-refractivity contribution in [3.63, 3.8) is 0 Å². The van der Waals surface area contributed by atoms with Gasteiger partial charge in [0.05, 0.1) is 12.7 Å². The molecule has 0 N–H and O–H groups in total. The van der Waals surface area contributed by atoms with E-state index in [1.165, 1.54) is 25.3 Å². The predicted molar refractivity (Wildman–Crippen MR) is 97.4 cm³/mol. The van der Waals surface area contributed by atoms with Crippen LogP contribution in [0.15, 0.2) is 48.5 Å². The molecule has 0 bridgehead atoms. The number of para-hydroxylation sites is 1. The van der Waals surface area contributed by atoms with Crippen LogP contribution in [0.2, 0.25) is 0 Å². The van der Waals surface area contributed by atoms with Gasteiger partial charge in [0.15, 0.2) is 6.61 Å². The summed E-state index contributed by atoms with van der Waals surface area (Å²) >= 11 is 0. The van der Waals surface area contributed by atoms with Crippen molar-refractivity contribution in [2.24, 2.45) is 0 Å². The molecule has 0 aliphatic carbocycles. The smallest absolute Gasteiger partial charge is 0.260 e. The van der Waals surface area contributed by atoms with Crippen molar-refractivity contribution in [2.45, 2.75) is 0 Å². The summed E-state index contributed by atoms with van der Waals surface area (Å²) in [5, 5.41) is 0. The van der Waals surface area contributed by atoms with E-state index in [0.717, 1.165) is 0 Å². The number of carbonyl (C=O) groups is 2. The van der Waals surface area contributed by atoms with Gasteiger partial charge in [0.25, 0.3) is 11.8 Å². The quantitative estimate of drug-likeness (QED) is 0.807. The Bertz CT molecular complexity index is 819. The van der Waals surface area contributed by atoms with Crippen molar-refractivity contribution < 1.29 is 23.5 Å². The van der Waals surface area contributed by atoms with Gasteiger partial charge in [0.1, 0.15) is 17.3 Å². The molecule has 1 aliphatic rings. The largest absolute Gasteiger partial charge is 0.496 e. The van der Waals surface area contributed by atoms with Crippen molar-refractivity contribution in [3.8, 4) is 11.5 Å². The fraction of sp³-hybridized carbons (Fsp3) is 0.300. The predicted octanol–water partition coefficient (Wildman–Crippen LogP) is 2.20. The first-order chi connectivity index (χ1) is 13.1. The first-order valence-electron chi connectivity index (χ1n) is 8.67. The molecule has 1 aliphatic heterocycles. The second kappa shape index (κ2) is 8.53. The topological polar surface area (TPSA) is 59.1 Å². The summed E-state index contributed by atoms with van der Waals surface area (Å²) in [6.45, 7) is 1.55. The van der Waals surface area contributed by atoms with E-state index in [9.17, 15) is 14.0 Å². The highest BCUT2D eigenvalue weighted by molar-refractivity contribution is 5.97. The molecular weight excluding hydrogens is 351 g/mol. The number of hydrogen-bond donors (Lipinski definition) is 0. The third kappa shape index (κ3) is 4.55. The lowest BCUT2D eigenvalue weighted by Crippen LogP contribution is -2.51. The minimum atomic E-state index is -0.414. The SMILES string of the molecule is COc1ccccc1C(=O)N1CCN(C(=O)COc2cccc(F)c2)CC1. The number of piperazine rings is 1. The van der Waals surface area contributed by atoms with Gasteiger partial charge in [-0.2, -0.15) is 0 Å². The number of carbonyl (C=O) groups excluding carboxylic acids is 2. The molecule has 142 valence electrons. The number of hydrogen-bond acceptors (Lipinski definition) is 4.